The highest BCUT2D eigenvalue weighted by atomic mass is 15.2. The Balaban J connectivity index is 1.86. The van der Waals surface area contributed by atoms with Crippen molar-refractivity contribution in [2.45, 2.75) is 25.3 Å². The Hall–Kier alpha value is -1.06. The van der Waals surface area contributed by atoms with E-state index >= 15 is 0 Å². The Morgan fingerprint density at radius 3 is 3.00 bits per heavy atom. The quantitative estimate of drug-likeness (QED) is 0.853. The van der Waals surface area contributed by atoms with Crippen LogP contribution in [-0.2, 0) is 0 Å². The highest BCUT2D eigenvalue weighted by Gasteiger charge is 2.45. The summed E-state index contributed by atoms with van der Waals surface area (Å²) in [6.07, 6.45) is 2.46. The second-order valence-electron chi connectivity index (χ2n) is 5.84. The maximum Gasteiger partial charge on any atom is 0.0548 e. The number of benzene rings is 1. The SMILES string of the molecule is Cc1ccccc1NC1(CN)CCN2CCC1C2. The van der Waals surface area contributed by atoms with E-state index in [1.165, 1.54) is 43.7 Å². The van der Waals surface area contributed by atoms with E-state index in [0.29, 0.717) is 5.92 Å². The third kappa shape index (κ3) is 1.91. The van der Waals surface area contributed by atoms with Gasteiger partial charge >= 0.3 is 0 Å². The largest absolute Gasteiger partial charge is 0.378 e. The molecule has 0 amide bonds. The Morgan fingerprint density at radius 2 is 2.22 bits per heavy atom. The summed E-state index contributed by atoms with van der Waals surface area (Å²) in [4.78, 5) is 2.57. The lowest BCUT2D eigenvalue weighted by molar-refractivity contribution is 0.190. The summed E-state index contributed by atoms with van der Waals surface area (Å²) >= 11 is 0. The summed E-state index contributed by atoms with van der Waals surface area (Å²) in [5.74, 6) is 0.704. The molecule has 3 nitrogen and oxygen atoms in total. The minimum atomic E-state index is 0.110. The van der Waals surface area contributed by atoms with Gasteiger partial charge in [-0.2, -0.15) is 0 Å². The van der Waals surface area contributed by atoms with E-state index in [4.69, 9.17) is 5.73 Å². The van der Waals surface area contributed by atoms with Crippen LogP contribution in [0.1, 0.15) is 18.4 Å². The minimum Gasteiger partial charge on any atom is -0.378 e. The Bertz CT molecular complexity index is 432. The number of para-hydroxylation sites is 1. The van der Waals surface area contributed by atoms with Gasteiger partial charge in [0, 0.05) is 25.3 Å². The van der Waals surface area contributed by atoms with Crippen LogP contribution in [0.15, 0.2) is 24.3 Å². The predicted molar refractivity (Wildman–Crippen MR) is 75.8 cm³/mol. The first-order valence-corrected chi connectivity index (χ1v) is 7.00. The second-order valence-corrected chi connectivity index (χ2v) is 5.84. The molecule has 1 aromatic carbocycles. The number of hydrogen-bond donors (Lipinski definition) is 2. The Labute approximate surface area is 109 Å². The lowest BCUT2D eigenvalue weighted by Crippen LogP contribution is -2.56. The van der Waals surface area contributed by atoms with Gasteiger partial charge in [-0.3, -0.25) is 0 Å². The first-order chi connectivity index (χ1) is 8.73. The molecule has 98 valence electrons. The maximum absolute atomic E-state index is 6.14. The molecule has 0 aromatic heterocycles. The molecule has 3 heteroatoms. The molecule has 2 saturated heterocycles. The zero-order valence-corrected chi connectivity index (χ0v) is 11.2. The summed E-state index contributed by atoms with van der Waals surface area (Å²) in [5, 5.41) is 3.79. The van der Waals surface area contributed by atoms with Gasteiger partial charge in [0.05, 0.1) is 5.54 Å². The van der Waals surface area contributed by atoms with Crippen molar-refractivity contribution in [2.24, 2.45) is 11.7 Å². The van der Waals surface area contributed by atoms with E-state index in [1.807, 2.05) is 0 Å². The van der Waals surface area contributed by atoms with E-state index in [9.17, 15) is 0 Å². The average molecular weight is 245 g/mol. The maximum atomic E-state index is 6.14. The summed E-state index contributed by atoms with van der Waals surface area (Å²) in [5.41, 5.74) is 8.81. The number of nitrogens with two attached hydrogens (primary N) is 1. The van der Waals surface area contributed by atoms with Crippen molar-refractivity contribution < 1.29 is 0 Å². The van der Waals surface area contributed by atoms with Crippen molar-refractivity contribution >= 4 is 5.69 Å². The molecule has 0 saturated carbocycles. The van der Waals surface area contributed by atoms with E-state index in [0.717, 1.165) is 6.54 Å². The molecular weight excluding hydrogens is 222 g/mol. The molecule has 0 radical (unpaired) electrons. The van der Waals surface area contributed by atoms with Crippen molar-refractivity contribution in [3.8, 4) is 0 Å². The van der Waals surface area contributed by atoms with E-state index in [1.54, 1.807) is 0 Å². The van der Waals surface area contributed by atoms with Crippen LogP contribution in [0.5, 0.6) is 0 Å². The molecule has 18 heavy (non-hydrogen) atoms. The average Bonchev–Trinajstić information content (AvgIpc) is 2.80. The van der Waals surface area contributed by atoms with Gasteiger partial charge in [-0.25, -0.2) is 0 Å². The molecule has 2 fully saturated rings. The fourth-order valence-electron chi connectivity index (χ4n) is 3.51. The van der Waals surface area contributed by atoms with E-state index in [-0.39, 0.29) is 5.54 Å². The molecular formula is C15H23N3. The third-order valence-electron chi connectivity index (χ3n) is 4.82. The summed E-state index contributed by atoms with van der Waals surface area (Å²) in [6, 6.07) is 8.53. The number of piperidine rings is 1. The number of fused-ring (bicyclic) bond motifs is 2. The first-order valence-electron chi connectivity index (χ1n) is 7.00. The smallest absolute Gasteiger partial charge is 0.0548 e. The van der Waals surface area contributed by atoms with Gasteiger partial charge in [-0.15, -0.1) is 0 Å². The van der Waals surface area contributed by atoms with Crippen LogP contribution in [0.4, 0.5) is 5.69 Å². The fraction of sp³-hybridized carbons (Fsp3) is 0.600. The molecule has 2 aliphatic rings. The van der Waals surface area contributed by atoms with E-state index in [2.05, 4.69) is 41.4 Å². The Kier molecular flexibility index (Phi) is 3.04. The van der Waals surface area contributed by atoms with Crippen LogP contribution in [0, 0.1) is 12.8 Å². The van der Waals surface area contributed by atoms with Gasteiger partial charge in [-0.05, 0) is 43.9 Å². The van der Waals surface area contributed by atoms with Gasteiger partial charge in [-0.1, -0.05) is 18.2 Å². The standard InChI is InChI=1S/C15H23N3/c1-12-4-2-3-5-14(12)17-15(11-16)7-9-18-8-6-13(15)10-18/h2-5,13,17H,6-11,16H2,1H3. The van der Waals surface area contributed by atoms with Crippen molar-refractivity contribution in [2.75, 3.05) is 31.5 Å². The first kappa shape index (κ1) is 12.0. The van der Waals surface area contributed by atoms with Crippen LogP contribution in [0.25, 0.3) is 0 Å². The number of anilines is 1. The molecule has 3 N–H and O–H groups in total. The third-order valence-corrected chi connectivity index (χ3v) is 4.82. The zero-order chi connectivity index (χ0) is 12.6. The molecule has 3 rings (SSSR count). The molecule has 3 unspecified atom stereocenters. The highest BCUT2D eigenvalue weighted by molar-refractivity contribution is 5.52. The molecule has 1 aromatic rings. The van der Waals surface area contributed by atoms with Gasteiger partial charge in [0.25, 0.3) is 0 Å². The van der Waals surface area contributed by atoms with Crippen LogP contribution >= 0.6 is 0 Å². The second kappa shape index (κ2) is 4.56. The normalized spacial score (nSPS) is 34.6. The lowest BCUT2D eigenvalue weighted by atomic mass is 9.78. The molecule has 2 aliphatic heterocycles. The number of nitrogens with zero attached hydrogens (tertiary/aromatic N) is 1. The molecule has 2 bridgehead atoms. The molecule has 3 atom stereocenters. The van der Waals surface area contributed by atoms with Crippen molar-refractivity contribution in [3.63, 3.8) is 0 Å². The molecule has 0 spiro atoms. The van der Waals surface area contributed by atoms with Crippen molar-refractivity contribution in [1.29, 1.82) is 0 Å². The van der Waals surface area contributed by atoms with Gasteiger partial charge < -0.3 is 16.0 Å². The monoisotopic (exact) mass is 245 g/mol. The lowest BCUT2D eigenvalue weighted by Gasteiger charge is -2.44. The number of hydrogen-bond acceptors (Lipinski definition) is 3. The molecule has 2 heterocycles. The van der Waals surface area contributed by atoms with Gasteiger partial charge in [0.1, 0.15) is 0 Å². The van der Waals surface area contributed by atoms with Crippen LogP contribution < -0.4 is 11.1 Å². The number of rotatable bonds is 3. The minimum absolute atomic E-state index is 0.110. The fourth-order valence-corrected chi connectivity index (χ4v) is 3.51. The van der Waals surface area contributed by atoms with Crippen LogP contribution in [0.2, 0.25) is 0 Å². The predicted octanol–water partition coefficient (Wildman–Crippen LogP) is 1.83. The van der Waals surface area contributed by atoms with Crippen LogP contribution in [0.3, 0.4) is 0 Å². The van der Waals surface area contributed by atoms with Gasteiger partial charge in [0.2, 0.25) is 0 Å². The van der Waals surface area contributed by atoms with Crippen molar-refractivity contribution in [3.05, 3.63) is 29.8 Å². The van der Waals surface area contributed by atoms with Crippen molar-refractivity contribution in [1.82, 2.24) is 4.90 Å². The number of aryl methyl sites for hydroxylation is 1. The molecule has 0 aliphatic carbocycles. The summed E-state index contributed by atoms with van der Waals surface area (Å²) in [6.45, 7) is 6.56. The van der Waals surface area contributed by atoms with E-state index < -0.39 is 0 Å². The van der Waals surface area contributed by atoms with Gasteiger partial charge in [0.15, 0.2) is 0 Å². The summed E-state index contributed by atoms with van der Waals surface area (Å²) < 4.78 is 0. The topological polar surface area (TPSA) is 41.3 Å². The van der Waals surface area contributed by atoms with Crippen LogP contribution in [-0.4, -0.2) is 36.6 Å². The highest BCUT2D eigenvalue weighted by Crippen LogP contribution is 2.37. The Morgan fingerprint density at radius 1 is 1.39 bits per heavy atom. The zero-order valence-electron chi connectivity index (χ0n) is 11.2. The number of nitrogens with one attached hydrogen (secondary N) is 1. The summed E-state index contributed by atoms with van der Waals surface area (Å²) in [7, 11) is 0.